The van der Waals surface area contributed by atoms with Crippen LogP contribution in [0.25, 0.3) is 10.2 Å². The second kappa shape index (κ2) is 10.5. The van der Waals surface area contributed by atoms with Crippen LogP contribution in [0.2, 0.25) is 0 Å². The monoisotopic (exact) mass is 549 g/mol. The molecule has 1 N–H and O–H groups in total. The van der Waals surface area contributed by atoms with Crippen LogP contribution in [0.15, 0.2) is 53.8 Å². The van der Waals surface area contributed by atoms with Crippen LogP contribution in [0, 0.1) is 13.8 Å². The van der Waals surface area contributed by atoms with Crippen LogP contribution in [-0.4, -0.2) is 40.0 Å². The standard InChI is InChI=1S/C28H27N3O5S2/c1-5-12-36-18-9-7-8-17(13-18)23-22(24(32)26-15(3)29-16(4)37-26)25(33)27(34)31(23)28-30-20-11-10-19(35-6-2)14-21(20)38-28/h7-11,13-14,23,33H,5-6,12H2,1-4H3. The van der Waals surface area contributed by atoms with Gasteiger partial charge in [0.15, 0.2) is 10.9 Å². The molecule has 0 spiro atoms. The second-order valence-corrected chi connectivity index (χ2v) is 11.0. The quantitative estimate of drug-likeness (QED) is 0.243. The average Bonchev–Trinajstić information content (AvgIpc) is 3.55. The van der Waals surface area contributed by atoms with Crippen LogP contribution in [0.5, 0.6) is 11.5 Å². The van der Waals surface area contributed by atoms with Crippen molar-refractivity contribution in [3.8, 4) is 11.5 Å². The van der Waals surface area contributed by atoms with Gasteiger partial charge in [0.2, 0.25) is 5.78 Å². The lowest BCUT2D eigenvalue weighted by atomic mass is 9.95. The zero-order valence-corrected chi connectivity index (χ0v) is 23.1. The molecule has 4 aromatic rings. The summed E-state index contributed by atoms with van der Waals surface area (Å²) in [4.78, 5) is 38.3. The molecule has 5 rings (SSSR count). The number of aliphatic hydroxyl groups excluding tert-OH is 1. The fourth-order valence-corrected chi connectivity index (χ4v) is 6.36. The van der Waals surface area contributed by atoms with Crippen molar-refractivity contribution in [2.75, 3.05) is 18.1 Å². The SMILES string of the molecule is CCCOc1cccc(C2C(C(=O)c3sc(C)nc3C)=C(O)C(=O)N2c2nc3ccc(OCC)cc3s2)c1. The number of carbonyl (C=O) groups excluding carboxylic acids is 2. The second-order valence-electron chi connectivity index (χ2n) is 8.80. The zero-order chi connectivity index (χ0) is 27.0. The summed E-state index contributed by atoms with van der Waals surface area (Å²) >= 11 is 2.54. The van der Waals surface area contributed by atoms with Gasteiger partial charge in [0.1, 0.15) is 11.5 Å². The van der Waals surface area contributed by atoms with Gasteiger partial charge in [-0.2, -0.15) is 0 Å². The highest BCUT2D eigenvalue weighted by molar-refractivity contribution is 7.22. The van der Waals surface area contributed by atoms with E-state index in [4.69, 9.17) is 14.5 Å². The van der Waals surface area contributed by atoms with E-state index < -0.39 is 23.5 Å². The normalized spacial score (nSPS) is 15.5. The van der Waals surface area contributed by atoms with Crippen molar-refractivity contribution in [3.63, 3.8) is 0 Å². The minimum absolute atomic E-state index is 0.00338. The molecule has 1 unspecified atom stereocenters. The molecule has 2 aromatic heterocycles. The number of anilines is 1. The molecule has 0 radical (unpaired) electrons. The predicted octanol–water partition coefficient (Wildman–Crippen LogP) is 6.34. The Hall–Kier alpha value is -3.76. The van der Waals surface area contributed by atoms with E-state index in [2.05, 4.69) is 4.98 Å². The number of hydrogen-bond acceptors (Lipinski definition) is 9. The number of hydrogen-bond donors (Lipinski definition) is 1. The van der Waals surface area contributed by atoms with Crippen LogP contribution in [0.3, 0.4) is 0 Å². The van der Waals surface area contributed by atoms with Crippen LogP contribution in [-0.2, 0) is 4.79 Å². The third kappa shape index (κ3) is 4.65. The zero-order valence-electron chi connectivity index (χ0n) is 21.5. The third-order valence-electron chi connectivity index (χ3n) is 6.07. The lowest BCUT2D eigenvalue weighted by Gasteiger charge is -2.24. The largest absolute Gasteiger partial charge is 0.503 e. The van der Waals surface area contributed by atoms with E-state index in [0.717, 1.165) is 16.1 Å². The first-order chi connectivity index (χ1) is 18.3. The number of benzene rings is 2. The topological polar surface area (TPSA) is 102 Å². The molecule has 2 aromatic carbocycles. The van der Waals surface area contributed by atoms with Gasteiger partial charge >= 0.3 is 0 Å². The number of ether oxygens (including phenoxy) is 2. The average molecular weight is 550 g/mol. The van der Waals surface area contributed by atoms with Gasteiger partial charge in [-0.05, 0) is 63.1 Å². The maximum Gasteiger partial charge on any atom is 0.296 e. The molecule has 1 aliphatic heterocycles. The Balaban J connectivity index is 1.65. The van der Waals surface area contributed by atoms with Gasteiger partial charge < -0.3 is 14.6 Å². The number of aromatic nitrogens is 2. The molecule has 10 heteroatoms. The number of aliphatic hydroxyl groups is 1. The lowest BCUT2D eigenvalue weighted by Crippen LogP contribution is -2.31. The molecule has 0 fully saturated rings. The molecule has 0 aliphatic carbocycles. The summed E-state index contributed by atoms with van der Waals surface area (Å²) in [7, 11) is 0. The van der Waals surface area contributed by atoms with Gasteiger partial charge in [-0.15, -0.1) is 11.3 Å². The van der Waals surface area contributed by atoms with E-state index >= 15 is 0 Å². The molecule has 0 bridgehead atoms. The Labute approximate surface area is 228 Å². The molecule has 8 nitrogen and oxygen atoms in total. The number of fused-ring (bicyclic) bond motifs is 1. The molecule has 1 atom stereocenters. The Bertz CT molecular complexity index is 1570. The molecule has 1 aliphatic rings. The Kier molecular flexibility index (Phi) is 7.18. The van der Waals surface area contributed by atoms with Crippen molar-refractivity contribution >= 4 is 49.7 Å². The van der Waals surface area contributed by atoms with Crippen molar-refractivity contribution in [1.29, 1.82) is 0 Å². The number of ketones is 1. The van der Waals surface area contributed by atoms with Crippen molar-refractivity contribution in [2.45, 2.75) is 40.2 Å². The van der Waals surface area contributed by atoms with E-state index in [1.165, 1.54) is 27.6 Å². The summed E-state index contributed by atoms with van der Waals surface area (Å²) in [6, 6.07) is 11.9. The minimum Gasteiger partial charge on any atom is -0.503 e. The molecular weight excluding hydrogens is 522 g/mol. The van der Waals surface area contributed by atoms with Gasteiger partial charge in [0.05, 0.1) is 50.6 Å². The Morgan fingerprint density at radius 1 is 1.05 bits per heavy atom. The van der Waals surface area contributed by atoms with Gasteiger partial charge in [0, 0.05) is 0 Å². The Morgan fingerprint density at radius 2 is 1.84 bits per heavy atom. The number of nitrogens with zero attached hydrogens (tertiary/aromatic N) is 3. The van der Waals surface area contributed by atoms with E-state index in [9.17, 15) is 14.7 Å². The molecule has 196 valence electrons. The van der Waals surface area contributed by atoms with E-state index in [0.29, 0.717) is 51.5 Å². The summed E-state index contributed by atoms with van der Waals surface area (Å²) < 4.78 is 12.3. The van der Waals surface area contributed by atoms with Gasteiger partial charge in [-0.1, -0.05) is 30.4 Å². The minimum atomic E-state index is -0.895. The third-order valence-corrected chi connectivity index (χ3v) is 8.16. The molecule has 0 saturated carbocycles. The highest BCUT2D eigenvalue weighted by Crippen LogP contribution is 2.45. The summed E-state index contributed by atoms with van der Waals surface area (Å²) in [6.45, 7) is 8.55. The molecule has 0 saturated heterocycles. The van der Waals surface area contributed by atoms with E-state index in [-0.39, 0.29) is 5.57 Å². The van der Waals surface area contributed by atoms with E-state index in [1.54, 1.807) is 13.0 Å². The fourth-order valence-electron chi connectivity index (χ4n) is 4.46. The lowest BCUT2D eigenvalue weighted by molar-refractivity contribution is -0.117. The van der Waals surface area contributed by atoms with Crippen LogP contribution >= 0.6 is 22.7 Å². The van der Waals surface area contributed by atoms with Crippen LogP contribution in [0.1, 0.15) is 52.2 Å². The number of Topliss-reactive ketones (excluding diaryl/α,β-unsaturated/α-hetero) is 1. The number of amides is 1. The first-order valence-corrected chi connectivity index (χ1v) is 14.0. The number of carbonyl (C=O) groups is 2. The molecule has 38 heavy (non-hydrogen) atoms. The number of thiazole rings is 2. The van der Waals surface area contributed by atoms with Crippen molar-refractivity contribution in [1.82, 2.24) is 9.97 Å². The molecule has 1 amide bonds. The van der Waals surface area contributed by atoms with E-state index in [1.807, 2.05) is 57.2 Å². The highest BCUT2D eigenvalue weighted by atomic mass is 32.1. The first-order valence-electron chi connectivity index (χ1n) is 12.3. The van der Waals surface area contributed by atoms with Gasteiger partial charge in [-0.3, -0.25) is 14.5 Å². The molecular formula is C28H27N3O5S2. The maximum atomic E-state index is 13.9. The summed E-state index contributed by atoms with van der Waals surface area (Å²) in [6.07, 6.45) is 0.835. The van der Waals surface area contributed by atoms with Crippen molar-refractivity contribution in [2.24, 2.45) is 0 Å². The number of aryl methyl sites for hydroxylation is 2. The van der Waals surface area contributed by atoms with Gasteiger partial charge in [-0.25, -0.2) is 9.97 Å². The predicted molar refractivity (Wildman–Crippen MR) is 149 cm³/mol. The van der Waals surface area contributed by atoms with Crippen LogP contribution < -0.4 is 14.4 Å². The Morgan fingerprint density at radius 3 is 2.55 bits per heavy atom. The van der Waals surface area contributed by atoms with Crippen molar-refractivity contribution in [3.05, 3.63) is 74.9 Å². The van der Waals surface area contributed by atoms with Gasteiger partial charge in [0.25, 0.3) is 5.91 Å². The summed E-state index contributed by atoms with van der Waals surface area (Å²) in [5.41, 5.74) is 1.88. The summed E-state index contributed by atoms with van der Waals surface area (Å²) in [5, 5.41) is 12.2. The first kappa shape index (κ1) is 25.9. The smallest absolute Gasteiger partial charge is 0.296 e. The van der Waals surface area contributed by atoms with Crippen LogP contribution in [0.4, 0.5) is 5.13 Å². The number of rotatable bonds is 9. The van der Waals surface area contributed by atoms with Crippen molar-refractivity contribution < 1.29 is 24.2 Å². The molecule has 3 heterocycles. The fraction of sp³-hybridized carbons (Fsp3) is 0.286. The summed E-state index contributed by atoms with van der Waals surface area (Å²) in [5.74, 6) is -0.370. The highest BCUT2D eigenvalue weighted by Gasteiger charge is 2.46. The maximum absolute atomic E-state index is 13.9.